The van der Waals surface area contributed by atoms with Gasteiger partial charge in [-0.1, -0.05) is 23.2 Å². The summed E-state index contributed by atoms with van der Waals surface area (Å²) in [6.45, 7) is 1.93. The molecule has 1 heterocycles. The van der Waals surface area contributed by atoms with Gasteiger partial charge in [-0.3, -0.25) is 4.98 Å². The van der Waals surface area contributed by atoms with E-state index in [0.717, 1.165) is 11.4 Å². The van der Waals surface area contributed by atoms with Crippen LogP contribution in [-0.4, -0.2) is 4.98 Å². The summed E-state index contributed by atoms with van der Waals surface area (Å²) in [5.74, 6) is -0.347. The van der Waals surface area contributed by atoms with Crippen molar-refractivity contribution in [1.29, 1.82) is 0 Å². The van der Waals surface area contributed by atoms with Crippen LogP contribution < -0.4 is 5.32 Å². The van der Waals surface area contributed by atoms with Crippen LogP contribution in [0.4, 0.5) is 10.1 Å². The summed E-state index contributed by atoms with van der Waals surface area (Å²) in [6, 6.07) is 8.26. The highest BCUT2D eigenvalue weighted by molar-refractivity contribution is 6.42. The van der Waals surface area contributed by atoms with Crippen LogP contribution in [0.2, 0.25) is 10.0 Å². The molecule has 1 unspecified atom stereocenters. The first kappa shape index (κ1) is 13.1. The minimum atomic E-state index is -0.347. The Morgan fingerprint density at radius 2 is 1.94 bits per heavy atom. The van der Waals surface area contributed by atoms with Gasteiger partial charge >= 0.3 is 0 Å². The number of rotatable bonds is 3. The largest absolute Gasteiger partial charge is 0.377 e. The third-order valence-corrected chi connectivity index (χ3v) is 3.24. The number of halogens is 3. The Morgan fingerprint density at radius 3 is 2.56 bits per heavy atom. The molecule has 1 aromatic heterocycles. The monoisotopic (exact) mass is 284 g/mol. The molecule has 0 aliphatic heterocycles. The molecule has 1 aromatic carbocycles. The third-order valence-electron chi connectivity index (χ3n) is 2.50. The fraction of sp³-hybridized carbons (Fsp3) is 0.154. The van der Waals surface area contributed by atoms with Crippen LogP contribution in [0.15, 0.2) is 36.5 Å². The first-order valence-corrected chi connectivity index (χ1v) is 6.15. The molecule has 0 bridgehead atoms. The fourth-order valence-electron chi connectivity index (χ4n) is 1.55. The van der Waals surface area contributed by atoms with Gasteiger partial charge in [-0.25, -0.2) is 4.39 Å². The van der Waals surface area contributed by atoms with Crippen molar-refractivity contribution < 1.29 is 4.39 Å². The van der Waals surface area contributed by atoms with Gasteiger partial charge in [0.05, 0.1) is 28.0 Å². The molecular formula is C13H11Cl2FN2. The zero-order chi connectivity index (χ0) is 13.1. The normalized spacial score (nSPS) is 12.2. The maximum absolute atomic E-state index is 12.8. The average molecular weight is 285 g/mol. The Bertz CT molecular complexity index is 543. The van der Waals surface area contributed by atoms with Crippen LogP contribution in [-0.2, 0) is 0 Å². The third kappa shape index (κ3) is 3.12. The van der Waals surface area contributed by atoms with E-state index in [1.807, 2.05) is 13.0 Å². The van der Waals surface area contributed by atoms with Crippen LogP contribution >= 0.6 is 23.2 Å². The highest BCUT2D eigenvalue weighted by Gasteiger charge is 2.08. The molecule has 0 aliphatic rings. The summed E-state index contributed by atoms with van der Waals surface area (Å²) < 4.78 is 12.8. The second kappa shape index (κ2) is 5.55. The van der Waals surface area contributed by atoms with E-state index in [9.17, 15) is 4.39 Å². The van der Waals surface area contributed by atoms with Gasteiger partial charge in [-0.05, 0) is 37.3 Å². The van der Waals surface area contributed by atoms with Crippen molar-refractivity contribution in [3.63, 3.8) is 0 Å². The van der Waals surface area contributed by atoms with Crippen molar-refractivity contribution in [3.8, 4) is 0 Å². The standard InChI is InChI=1S/C13H11Cl2FN2/c1-8(13-5-2-9(16)7-17-13)18-10-3-4-11(14)12(15)6-10/h2-8,18H,1H3. The van der Waals surface area contributed by atoms with Crippen LogP contribution in [0.3, 0.4) is 0 Å². The van der Waals surface area contributed by atoms with Gasteiger partial charge in [-0.15, -0.1) is 0 Å². The molecule has 0 saturated carbocycles. The van der Waals surface area contributed by atoms with Crippen molar-refractivity contribution in [3.05, 3.63) is 58.1 Å². The molecule has 0 aliphatic carbocycles. The van der Waals surface area contributed by atoms with E-state index in [-0.39, 0.29) is 11.9 Å². The predicted molar refractivity (Wildman–Crippen MR) is 72.7 cm³/mol. The number of hydrogen-bond donors (Lipinski definition) is 1. The number of nitrogens with one attached hydrogen (secondary N) is 1. The lowest BCUT2D eigenvalue weighted by atomic mass is 10.2. The fourth-order valence-corrected chi connectivity index (χ4v) is 1.85. The van der Waals surface area contributed by atoms with E-state index in [1.165, 1.54) is 12.3 Å². The van der Waals surface area contributed by atoms with Crippen LogP contribution in [0.1, 0.15) is 18.7 Å². The minimum absolute atomic E-state index is 0.0529. The Kier molecular flexibility index (Phi) is 4.04. The minimum Gasteiger partial charge on any atom is -0.377 e. The maximum Gasteiger partial charge on any atom is 0.141 e. The van der Waals surface area contributed by atoms with Crippen LogP contribution in [0, 0.1) is 5.82 Å². The lowest BCUT2D eigenvalue weighted by Gasteiger charge is -2.15. The Morgan fingerprint density at radius 1 is 1.17 bits per heavy atom. The van der Waals surface area contributed by atoms with Crippen molar-refractivity contribution in [1.82, 2.24) is 4.98 Å². The summed E-state index contributed by atoms with van der Waals surface area (Å²) in [5, 5.41) is 4.21. The van der Waals surface area contributed by atoms with Gasteiger partial charge in [0.2, 0.25) is 0 Å². The van der Waals surface area contributed by atoms with E-state index in [4.69, 9.17) is 23.2 Å². The number of aromatic nitrogens is 1. The summed E-state index contributed by atoms with van der Waals surface area (Å²) in [7, 11) is 0. The summed E-state index contributed by atoms with van der Waals surface area (Å²) in [5.41, 5.74) is 1.59. The molecule has 5 heteroatoms. The molecular weight excluding hydrogens is 274 g/mol. The van der Waals surface area contributed by atoms with Gasteiger partial charge in [0.15, 0.2) is 0 Å². The van der Waals surface area contributed by atoms with E-state index < -0.39 is 0 Å². The van der Waals surface area contributed by atoms with Gasteiger partial charge in [0.25, 0.3) is 0 Å². The molecule has 0 saturated heterocycles. The zero-order valence-electron chi connectivity index (χ0n) is 9.62. The molecule has 0 spiro atoms. The van der Waals surface area contributed by atoms with E-state index >= 15 is 0 Å². The average Bonchev–Trinajstić information content (AvgIpc) is 2.34. The van der Waals surface area contributed by atoms with Crippen LogP contribution in [0.5, 0.6) is 0 Å². The van der Waals surface area contributed by atoms with Gasteiger partial charge < -0.3 is 5.32 Å². The number of hydrogen-bond acceptors (Lipinski definition) is 2. The van der Waals surface area contributed by atoms with Gasteiger partial charge in [-0.2, -0.15) is 0 Å². The second-order valence-electron chi connectivity index (χ2n) is 3.90. The van der Waals surface area contributed by atoms with Crippen molar-refractivity contribution in [2.45, 2.75) is 13.0 Å². The molecule has 18 heavy (non-hydrogen) atoms. The van der Waals surface area contributed by atoms with E-state index in [2.05, 4.69) is 10.3 Å². The number of benzene rings is 1. The highest BCUT2D eigenvalue weighted by Crippen LogP contribution is 2.27. The first-order valence-electron chi connectivity index (χ1n) is 5.39. The van der Waals surface area contributed by atoms with Crippen LogP contribution in [0.25, 0.3) is 0 Å². The molecule has 2 nitrogen and oxygen atoms in total. The maximum atomic E-state index is 12.8. The predicted octanol–water partition coefficient (Wildman–Crippen LogP) is 4.70. The molecule has 0 radical (unpaired) electrons. The molecule has 0 fully saturated rings. The quantitative estimate of drug-likeness (QED) is 0.884. The van der Waals surface area contributed by atoms with Gasteiger partial charge in [0, 0.05) is 5.69 Å². The van der Waals surface area contributed by atoms with E-state index in [1.54, 1.807) is 18.2 Å². The lowest BCUT2D eigenvalue weighted by Crippen LogP contribution is -2.08. The smallest absolute Gasteiger partial charge is 0.141 e. The summed E-state index contributed by atoms with van der Waals surface area (Å²) >= 11 is 11.8. The Labute approximate surface area is 115 Å². The van der Waals surface area contributed by atoms with Gasteiger partial charge in [0.1, 0.15) is 5.82 Å². The lowest BCUT2D eigenvalue weighted by molar-refractivity contribution is 0.617. The van der Waals surface area contributed by atoms with Crippen molar-refractivity contribution >= 4 is 28.9 Å². The molecule has 1 atom stereocenters. The van der Waals surface area contributed by atoms with E-state index in [0.29, 0.717) is 10.0 Å². The van der Waals surface area contributed by atoms with Crippen molar-refractivity contribution in [2.75, 3.05) is 5.32 Å². The molecule has 1 N–H and O–H groups in total. The Hall–Kier alpha value is -1.32. The SMILES string of the molecule is CC(Nc1ccc(Cl)c(Cl)c1)c1ccc(F)cn1. The molecule has 2 rings (SSSR count). The number of nitrogens with zero attached hydrogens (tertiary/aromatic N) is 1. The topological polar surface area (TPSA) is 24.9 Å². The Balaban J connectivity index is 2.13. The zero-order valence-corrected chi connectivity index (χ0v) is 11.1. The molecule has 94 valence electrons. The van der Waals surface area contributed by atoms with Crippen molar-refractivity contribution in [2.24, 2.45) is 0 Å². The summed E-state index contributed by atoms with van der Waals surface area (Å²) in [6.07, 6.45) is 1.20. The highest BCUT2D eigenvalue weighted by atomic mass is 35.5. The second-order valence-corrected chi connectivity index (χ2v) is 4.71. The number of anilines is 1. The summed E-state index contributed by atoms with van der Waals surface area (Å²) in [4.78, 5) is 4.02. The first-order chi connectivity index (χ1) is 8.56. The molecule has 2 aromatic rings. The molecule has 0 amide bonds. The number of pyridine rings is 1.